The van der Waals surface area contributed by atoms with E-state index in [0.29, 0.717) is 12.1 Å². The minimum atomic E-state index is -0.0141. The van der Waals surface area contributed by atoms with Crippen molar-refractivity contribution in [1.82, 2.24) is 29.3 Å². The van der Waals surface area contributed by atoms with Crippen LogP contribution < -0.4 is 10.6 Å². The fraction of sp³-hybridized carbons (Fsp3) is 0.500. The molecule has 33 heavy (non-hydrogen) atoms. The van der Waals surface area contributed by atoms with Crippen LogP contribution in [0.4, 0.5) is 0 Å². The van der Waals surface area contributed by atoms with Gasteiger partial charge in [-0.1, -0.05) is 25.2 Å². The summed E-state index contributed by atoms with van der Waals surface area (Å²) in [5.74, 6) is 0. The highest BCUT2D eigenvalue weighted by molar-refractivity contribution is 7.18. The zero-order valence-corrected chi connectivity index (χ0v) is 20.7. The van der Waals surface area contributed by atoms with Gasteiger partial charge in [0.25, 0.3) is 5.56 Å². The van der Waals surface area contributed by atoms with Crippen molar-refractivity contribution in [3.63, 3.8) is 0 Å². The molecule has 0 N–H and O–H groups in total. The molecule has 0 radical (unpaired) electrons. The predicted octanol–water partition coefficient (Wildman–Crippen LogP) is 3.62. The van der Waals surface area contributed by atoms with E-state index in [4.69, 9.17) is 10.1 Å². The zero-order valence-electron chi connectivity index (χ0n) is 19.9. The first kappa shape index (κ1) is 22.0. The molecule has 1 fully saturated rings. The van der Waals surface area contributed by atoms with E-state index in [1.165, 1.54) is 0 Å². The number of nitrogens with zero attached hydrogens (tertiary/aromatic N) is 7. The average Bonchev–Trinajstić information content (AvgIpc) is 3.42. The molecule has 174 valence electrons. The van der Waals surface area contributed by atoms with Crippen LogP contribution in [0.3, 0.4) is 0 Å². The van der Waals surface area contributed by atoms with Gasteiger partial charge in [-0.25, -0.2) is 9.97 Å². The Hall–Kier alpha value is -2.78. The minimum absolute atomic E-state index is 0.0141. The maximum Gasteiger partial charge on any atom is 0.250 e. The van der Waals surface area contributed by atoms with Gasteiger partial charge in [-0.2, -0.15) is 9.89 Å². The van der Waals surface area contributed by atoms with Crippen LogP contribution in [-0.2, 0) is 7.05 Å². The standard InChI is InChI=1S/C24H31N7OS/c1-6-17-13-30(31-14-22-20(27-31)10-11-23(32)28(22)5)18(7-2)12-29(17)15(3)19-8-9-21-24(26-19)33-16(4)25-21/h8-11,14-15,17-18H,6-7,12-13H2,1-5H3/t15?,17-,18+/m1/s1. The second kappa shape index (κ2) is 8.53. The van der Waals surface area contributed by atoms with E-state index in [1.807, 2.05) is 24.0 Å². The lowest BCUT2D eigenvalue weighted by Gasteiger charge is -2.48. The van der Waals surface area contributed by atoms with Crippen LogP contribution >= 0.6 is 11.3 Å². The Bertz CT molecular complexity index is 1360. The van der Waals surface area contributed by atoms with Gasteiger partial charge in [-0.05, 0) is 44.9 Å². The summed E-state index contributed by atoms with van der Waals surface area (Å²) in [4.78, 5) is 27.2. The third kappa shape index (κ3) is 3.83. The number of rotatable bonds is 5. The molecule has 1 unspecified atom stereocenters. The molecule has 0 bridgehead atoms. The van der Waals surface area contributed by atoms with Crippen LogP contribution in [0.15, 0.2) is 35.3 Å². The maximum atomic E-state index is 12.1. The number of piperazine rings is 1. The lowest BCUT2D eigenvalue weighted by Crippen LogP contribution is -2.62. The van der Waals surface area contributed by atoms with Crippen LogP contribution in [0.5, 0.6) is 0 Å². The molecule has 0 spiro atoms. The molecule has 0 saturated carbocycles. The Morgan fingerprint density at radius 3 is 2.58 bits per heavy atom. The SMILES string of the molecule is CC[C@@H]1CN(n2cc3c(ccc(=O)n3C)n2)[C@@H](CC)CN1C(C)c1ccc2nc(C)sc2n1. The number of hydrogen-bond acceptors (Lipinski definition) is 7. The summed E-state index contributed by atoms with van der Waals surface area (Å²) < 4.78 is 1.67. The molecule has 4 aromatic heterocycles. The summed E-state index contributed by atoms with van der Waals surface area (Å²) in [5, 5.41) is 8.24. The van der Waals surface area contributed by atoms with Gasteiger partial charge in [0, 0.05) is 31.7 Å². The highest BCUT2D eigenvalue weighted by atomic mass is 32.1. The van der Waals surface area contributed by atoms with Crippen molar-refractivity contribution >= 4 is 32.7 Å². The van der Waals surface area contributed by atoms with Gasteiger partial charge < -0.3 is 4.57 Å². The molecule has 3 atom stereocenters. The zero-order chi connectivity index (χ0) is 23.3. The molecule has 0 amide bonds. The smallest absolute Gasteiger partial charge is 0.250 e. The Labute approximate surface area is 197 Å². The number of fused-ring (bicyclic) bond motifs is 2. The molecule has 5 rings (SSSR count). The van der Waals surface area contributed by atoms with Crippen molar-refractivity contribution in [2.75, 3.05) is 18.1 Å². The van der Waals surface area contributed by atoms with Crippen LogP contribution in [0.25, 0.3) is 21.4 Å². The van der Waals surface area contributed by atoms with E-state index in [1.54, 1.807) is 29.0 Å². The van der Waals surface area contributed by atoms with E-state index < -0.39 is 0 Å². The number of hydrogen-bond donors (Lipinski definition) is 0. The monoisotopic (exact) mass is 465 g/mol. The van der Waals surface area contributed by atoms with Gasteiger partial charge in [0.2, 0.25) is 0 Å². The van der Waals surface area contributed by atoms with Crippen LogP contribution in [0, 0.1) is 6.92 Å². The maximum absolute atomic E-state index is 12.1. The highest BCUT2D eigenvalue weighted by Crippen LogP contribution is 2.30. The normalized spacial score (nSPS) is 20.7. The van der Waals surface area contributed by atoms with Gasteiger partial charge in [-0.3, -0.25) is 14.7 Å². The van der Waals surface area contributed by atoms with Gasteiger partial charge in [0.1, 0.15) is 15.9 Å². The van der Waals surface area contributed by atoms with E-state index >= 15 is 0 Å². The number of pyridine rings is 2. The molecule has 0 aliphatic carbocycles. The van der Waals surface area contributed by atoms with Crippen LogP contribution in [0.1, 0.15) is 50.4 Å². The number of aryl methyl sites for hydroxylation is 2. The fourth-order valence-electron chi connectivity index (χ4n) is 4.98. The van der Waals surface area contributed by atoms with Crippen LogP contribution in [0.2, 0.25) is 0 Å². The van der Waals surface area contributed by atoms with Gasteiger partial charge in [0.15, 0.2) is 0 Å². The third-order valence-electron chi connectivity index (χ3n) is 7.01. The molecule has 5 heterocycles. The Morgan fingerprint density at radius 2 is 1.82 bits per heavy atom. The third-order valence-corrected chi connectivity index (χ3v) is 7.89. The Balaban J connectivity index is 1.45. The first-order chi connectivity index (χ1) is 15.9. The van der Waals surface area contributed by atoms with Gasteiger partial charge in [0.05, 0.1) is 35.0 Å². The second-order valence-electron chi connectivity index (χ2n) is 8.96. The lowest BCUT2D eigenvalue weighted by molar-refractivity contribution is 0.0839. The molecule has 1 aliphatic rings. The minimum Gasteiger partial charge on any atom is -0.308 e. The molecule has 1 saturated heterocycles. The summed E-state index contributed by atoms with van der Waals surface area (Å²) in [6, 6.07) is 8.54. The quantitative estimate of drug-likeness (QED) is 0.448. The Morgan fingerprint density at radius 1 is 1.06 bits per heavy atom. The van der Waals surface area contributed by atoms with E-state index in [0.717, 1.165) is 58.0 Å². The molecule has 0 aromatic carbocycles. The number of thiazole rings is 1. The fourth-order valence-corrected chi connectivity index (χ4v) is 5.78. The van der Waals surface area contributed by atoms with Crippen LogP contribution in [-0.4, -0.2) is 54.5 Å². The molecule has 4 aromatic rings. The van der Waals surface area contributed by atoms with Crippen molar-refractivity contribution in [2.24, 2.45) is 7.05 Å². The van der Waals surface area contributed by atoms with Gasteiger partial charge >= 0.3 is 0 Å². The van der Waals surface area contributed by atoms with Crippen molar-refractivity contribution < 1.29 is 0 Å². The average molecular weight is 466 g/mol. The topological polar surface area (TPSA) is 72.1 Å². The van der Waals surface area contributed by atoms with Crippen molar-refractivity contribution in [1.29, 1.82) is 0 Å². The molecular weight excluding hydrogens is 434 g/mol. The molecular formula is C24H31N7OS. The summed E-state index contributed by atoms with van der Waals surface area (Å²) >= 11 is 1.66. The number of aromatic nitrogens is 5. The van der Waals surface area contributed by atoms with Crippen molar-refractivity contribution in [3.05, 3.63) is 51.5 Å². The summed E-state index contributed by atoms with van der Waals surface area (Å²) in [6.45, 7) is 10.6. The summed E-state index contributed by atoms with van der Waals surface area (Å²) in [5.41, 5.74) is 3.77. The molecule has 9 heteroatoms. The second-order valence-corrected chi connectivity index (χ2v) is 10.1. The highest BCUT2D eigenvalue weighted by Gasteiger charge is 2.36. The summed E-state index contributed by atoms with van der Waals surface area (Å²) in [7, 11) is 1.80. The first-order valence-electron chi connectivity index (χ1n) is 11.7. The summed E-state index contributed by atoms with van der Waals surface area (Å²) in [6.07, 6.45) is 4.04. The van der Waals surface area contributed by atoms with E-state index in [-0.39, 0.29) is 11.6 Å². The van der Waals surface area contributed by atoms with Gasteiger partial charge in [-0.15, -0.1) is 0 Å². The van der Waals surface area contributed by atoms with E-state index in [2.05, 4.69) is 47.8 Å². The Kier molecular flexibility index (Phi) is 5.70. The van der Waals surface area contributed by atoms with E-state index in [9.17, 15) is 4.79 Å². The predicted molar refractivity (Wildman–Crippen MR) is 133 cm³/mol. The lowest BCUT2D eigenvalue weighted by atomic mass is 10.0. The first-order valence-corrected chi connectivity index (χ1v) is 12.5. The van der Waals surface area contributed by atoms with Crippen molar-refractivity contribution in [2.45, 2.75) is 58.7 Å². The molecule has 8 nitrogen and oxygen atoms in total. The molecule has 1 aliphatic heterocycles. The van der Waals surface area contributed by atoms with Crippen molar-refractivity contribution in [3.8, 4) is 0 Å². The largest absolute Gasteiger partial charge is 0.308 e.